The quantitative estimate of drug-likeness (QED) is 0.597. The number of carbonyl (C=O) groups is 2. The Balaban J connectivity index is 3.55. The van der Waals surface area contributed by atoms with E-state index in [1.54, 1.807) is 0 Å². The van der Waals surface area contributed by atoms with Crippen molar-refractivity contribution in [2.24, 2.45) is 11.8 Å². The highest BCUT2D eigenvalue weighted by Gasteiger charge is 2.10. The summed E-state index contributed by atoms with van der Waals surface area (Å²) < 4.78 is 10.0. The van der Waals surface area contributed by atoms with Gasteiger partial charge in [-0.05, 0) is 18.3 Å². The predicted octanol–water partition coefficient (Wildman–Crippen LogP) is 2.95. The average molecular weight is 258 g/mol. The predicted molar refractivity (Wildman–Crippen MR) is 70.1 cm³/mol. The molecule has 0 radical (unpaired) electrons. The lowest BCUT2D eigenvalue weighted by atomic mass is 10.1. The molecule has 0 aromatic carbocycles. The number of rotatable bonds is 9. The summed E-state index contributed by atoms with van der Waals surface area (Å²) in [5.74, 6) is 0.229. The van der Waals surface area contributed by atoms with Crippen LogP contribution in [0, 0.1) is 11.8 Å². The Bertz CT molecular complexity index is 248. The fourth-order valence-corrected chi connectivity index (χ4v) is 1.19. The standard InChI is InChI=1S/C14H26O4/c1-5-12(4)8-9-17-13(15)6-7-14(16)18-10-11(2)3/h11-12H,5-10H2,1-4H3. The maximum absolute atomic E-state index is 11.3. The molecule has 0 aromatic rings. The van der Waals surface area contributed by atoms with Crippen LogP contribution in [0.5, 0.6) is 0 Å². The third-order valence-electron chi connectivity index (χ3n) is 2.68. The smallest absolute Gasteiger partial charge is 0.306 e. The van der Waals surface area contributed by atoms with Crippen LogP contribution >= 0.6 is 0 Å². The van der Waals surface area contributed by atoms with E-state index in [0.29, 0.717) is 25.0 Å². The first-order valence-corrected chi connectivity index (χ1v) is 6.76. The van der Waals surface area contributed by atoms with E-state index in [9.17, 15) is 9.59 Å². The minimum absolute atomic E-state index is 0.106. The largest absolute Gasteiger partial charge is 0.466 e. The molecule has 0 fully saturated rings. The molecule has 0 aliphatic rings. The van der Waals surface area contributed by atoms with Gasteiger partial charge in [-0.3, -0.25) is 9.59 Å². The lowest BCUT2D eigenvalue weighted by Crippen LogP contribution is -2.13. The summed E-state index contributed by atoms with van der Waals surface area (Å²) in [4.78, 5) is 22.6. The lowest BCUT2D eigenvalue weighted by Gasteiger charge is -2.09. The Labute approximate surface area is 110 Å². The maximum atomic E-state index is 11.3. The summed E-state index contributed by atoms with van der Waals surface area (Å²) in [6.07, 6.45) is 2.17. The van der Waals surface area contributed by atoms with Crippen LogP contribution in [-0.2, 0) is 19.1 Å². The molecule has 1 unspecified atom stereocenters. The second-order valence-corrected chi connectivity index (χ2v) is 5.10. The summed E-state index contributed by atoms with van der Waals surface area (Å²) >= 11 is 0. The molecular weight excluding hydrogens is 232 g/mol. The normalized spacial score (nSPS) is 12.3. The summed E-state index contributed by atoms with van der Waals surface area (Å²) in [5, 5.41) is 0. The van der Waals surface area contributed by atoms with Crippen molar-refractivity contribution in [3.05, 3.63) is 0 Å². The van der Waals surface area contributed by atoms with Gasteiger partial charge in [0.15, 0.2) is 0 Å². The van der Waals surface area contributed by atoms with Gasteiger partial charge >= 0.3 is 11.9 Å². The van der Waals surface area contributed by atoms with Gasteiger partial charge in [0.05, 0.1) is 26.1 Å². The minimum atomic E-state index is -0.331. The fraction of sp³-hybridized carbons (Fsp3) is 0.857. The molecule has 0 saturated carbocycles. The van der Waals surface area contributed by atoms with Crippen molar-refractivity contribution in [3.8, 4) is 0 Å². The second kappa shape index (κ2) is 9.92. The Morgan fingerprint density at radius 2 is 1.56 bits per heavy atom. The van der Waals surface area contributed by atoms with Crippen molar-refractivity contribution in [1.29, 1.82) is 0 Å². The Morgan fingerprint density at radius 1 is 1.00 bits per heavy atom. The molecule has 18 heavy (non-hydrogen) atoms. The molecule has 0 bridgehead atoms. The third-order valence-corrected chi connectivity index (χ3v) is 2.68. The van der Waals surface area contributed by atoms with Gasteiger partial charge in [-0.1, -0.05) is 34.1 Å². The van der Waals surface area contributed by atoms with Crippen LogP contribution in [0.25, 0.3) is 0 Å². The number of ether oxygens (including phenoxy) is 2. The Kier molecular flexibility index (Phi) is 9.33. The van der Waals surface area contributed by atoms with E-state index < -0.39 is 0 Å². The van der Waals surface area contributed by atoms with Crippen LogP contribution in [0.4, 0.5) is 0 Å². The van der Waals surface area contributed by atoms with Crippen LogP contribution < -0.4 is 0 Å². The van der Waals surface area contributed by atoms with Gasteiger partial charge in [0.25, 0.3) is 0 Å². The maximum Gasteiger partial charge on any atom is 0.306 e. The van der Waals surface area contributed by atoms with Gasteiger partial charge in [-0.15, -0.1) is 0 Å². The number of carbonyl (C=O) groups excluding carboxylic acids is 2. The van der Waals surface area contributed by atoms with Crippen LogP contribution in [0.3, 0.4) is 0 Å². The highest BCUT2D eigenvalue weighted by molar-refractivity contribution is 5.77. The Hall–Kier alpha value is -1.06. The summed E-state index contributed by atoms with van der Waals surface area (Å²) in [6, 6.07) is 0. The van der Waals surface area contributed by atoms with Gasteiger partial charge in [-0.25, -0.2) is 0 Å². The van der Waals surface area contributed by atoms with Crippen molar-refractivity contribution in [2.75, 3.05) is 13.2 Å². The van der Waals surface area contributed by atoms with E-state index in [0.717, 1.165) is 12.8 Å². The van der Waals surface area contributed by atoms with E-state index in [4.69, 9.17) is 9.47 Å². The van der Waals surface area contributed by atoms with E-state index in [2.05, 4.69) is 13.8 Å². The lowest BCUT2D eigenvalue weighted by molar-refractivity contribution is -0.151. The zero-order valence-electron chi connectivity index (χ0n) is 12.0. The fourth-order valence-electron chi connectivity index (χ4n) is 1.19. The van der Waals surface area contributed by atoms with Crippen molar-refractivity contribution in [1.82, 2.24) is 0 Å². The molecule has 0 rings (SSSR count). The SMILES string of the molecule is CCC(C)CCOC(=O)CCC(=O)OCC(C)C. The summed E-state index contributed by atoms with van der Waals surface area (Å²) in [5.41, 5.74) is 0. The molecule has 0 amide bonds. The molecule has 1 atom stereocenters. The molecule has 0 aliphatic heterocycles. The number of hydrogen-bond acceptors (Lipinski definition) is 4. The summed E-state index contributed by atoms with van der Waals surface area (Å²) in [7, 11) is 0. The minimum Gasteiger partial charge on any atom is -0.466 e. The van der Waals surface area contributed by atoms with Crippen LogP contribution in [-0.4, -0.2) is 25.2 Å². The molecule has 0 heterocycles. The van der Waals surface area contributed by atoms with E-state index in [1.807, 2.05) is 13.8 Å². The van der Waals surface area contributed by atoms with Gasteiger partial charge in [0.1, 0.15) is 0 Å². The van der Waals surface area contributed by atoms with Crippen molar-refractivity contribution in [3.63, 3.8) is 0 Å². The monoisotopic (exact) mass is 258 g/mol. The highest BCUT2D eigenvalue weighted by atomic mass is 16.5. The molecule has 4 nitrogen and oxygen atoms in total. The first kappa shape index (κ1) is 16.9. The number of hydrogen-bond donors (Lipinski definition) is 0. The first-order chi connectivity index (χ1) is 8.45. The Morgan fingerprint density at radius 3 is 2.06 bits per heavy atom. The van der Waals surface area contributed by atoms with Gasteiger partial charge in [-0.2, -0.15) is 0 Å². The molecule has 0 saturated heterocycles. The number of esters is 2. The van der Waals surface area contributed by atoms with Crippen molar-refractivity contribution >= 4 is 11.9 Å². The van der Waals surface area contributed by atoms with Crippen molar-refractivity contribution in [2.45, 2.75) is 53.4 Å². The average Bonchev–Trinajstić information content (AvgIpc) is 2.33. The molecule has 0 aliphatic carbocycles. The van der Waals surface area contributed by atoms with E-state index in [-0.39, 0.29) is 24.8 Å². The van der Waals surface area contributed by atoms with Crippen LogP contribution in [0.2, 0.25) is 0 Å². The van der Waals surface area contributed by atoms with Crippen LogP contribution in [0.1, 0.15) is 53.4 Å². The highest BCUT2D eigenvalue weighted by Crippen LogP contribution is 2.06. The van der Waals surface area contributed by atoms with E-state index in [1.165, 1.54) is 0 Å². The molecule has 0 N–H and O–H groups in total. The summed E-state index contributed by atoms with van der Waals surface area (Å²) in [6.45, 7) is 9.01. The molecule has 0 aromatic heterocycles. The van der Waals surface area contributed by atoms with Crippen LogP contribution in [0.15, 0.2) is 0 Å². The topological polar surface area (TPSA) is 52.6 Å². The molecule has 106 valence electrons. The zero-order chi connectivity index (χ0) is 14.0. The first-order valence-electron chi connectivity index (χ1n) is 6.76. The molecule has 4 heteroatoms. The second-order valence-electron chi connectivity index (χ2n) is 5.10. The molecular formula is C14H26O4. The van der Waals surface area contributed by atoms with E-state index >= 15 is 0 Å². The van der Waals surface area contributed by atoms with Gasteiger partial charge in [0.2, 0.25) is 0 Å². The zero-order valence-corrected chi connectivity index (χ0v) is 12.0. The van der Waals surface area contributed by atoms with Gasteiger partial charge in [0, 0.05) is 0 Å². The third kappa shape index (κ3) is 10.1. The van der Waals surface area contributed by atoms with Gasteiger partial charge < -0.3 is 9.47 Å². The molecule has 0 spiro atoms. The van der Waals surface area contributed by atoms with Crippen molar-refractivity contribution < 1.29 is 19.1 Å².